The summed E-state index contributed by atoms with van der Waals surface area (Å²) in [5.74, 6) is 0.539. The molecule has 1 saturated heterocycles. The van der Waals surface area contributed by atoms with Gasteiger partial charge in [0.1, 0.15) is 0 Å². The van der Waals surface area contributed by atoms with Gasteiger partial charge in [-0.2, -0.15) is 0 Å². The monoisotopic (exact) mass is 279 g/mol. The Labute approximate surface area is 126 Å². The first-order valence-electron chi connectivity index (χ1n) is 7.77. The molecule has 108 valence electrons. The van der Waals surface area contributed by atoms with E-state index in [2.05, 4.69) is 60.4 Å². The van der Waals surface area contributed by atoms with Crippen molar-refractivity contribution >= 4 is 0 Å². The highest BCUT2D eigenvalue weighted by molar-refractivity contribution is 5.39. The summed E-state index contributed by atoms with van der Waals surface area (Å²) >= 11 is 0. The van der Waals surface area contributed by atoms with Crippen molar-refractivity contribution in [2.45, 2.75) is 32.1 Å². The SMILES string of the molecule is Cc1cccc2c1CO[C@@H]1CN(Cc3ccccc3)C[C@H]21. The molecule has 0 bridgehead atoms. The molecule has 2 heteroatoms. The summed E-state index contributed by atoms with van der Waals surface area (Å²) in [5.41, 5.74) is 5.69. The zero-order valence-electron chi connectivity index (χ0n) is 12.5. The predicted octanol–water partition coefficient (Wildman–Crippen LogP) is 3.49. The lowest BCUT2D eigenvalue weighted by Gasteiger charge is -2.28. The summed E-state index contributed by atoms with van der Waals surface area (Å²) in [6, 6.07) is 17.4. The van der Waals surface area contributed by atoms with Gasteiger partial charge in [-0.3, -0.25) is 4.90 Å². The average Bonchev–Trinajstić information content (AvgIpc) is 2.91. The molecule has 4 rings (SSSR count). The zero-order chi connectivity index (χ0) is 14.2. The van der Waals surface area contributed by atoms with E-state index in [9.17, 15) is 0 Å². The maximum atomic E-state index is 6.14. The van der Waals surface area contributed by atoms with E-state index in [4.69, 9.17) is 4.74 Å². The van der Waals surface area contributed by atoms with Gasteiger partial charge in [0.15, 0.2) is 0 Å². The van der Waals surface area contributed by atoms with Gasteiger partial charge in [-0.15, -0.1) is 0 Å². The fourth-order valence-electron chi connectivity index (χ4n) is 3.75. The second kappa shape index (κ2) is 5.28. The van der Waals surface area contributed by atoms with Crippen LogP contribution in [0.5, 0.6) is 0 Å². The molecule has 0 aromatic heterocycles. The Kier molecular flexibility index (Phi) is 3.28. The van der Waals surface area contributed by atoms with E-state index >= 15 is 0 Å². The van der Waals surface area contributed by atoms with E-state index in [1.54, 1.807) is 0 Å². The minimum atomic E-state index is 0.364. The van der Waals surface area contributed by atoms with Crippen molar-refractivity contribution in [1.29, 1.82) is 0 Å². The number of hydrogen-bond donors (Lipinski definition) is 0. The third-order valence-corrected chi connectivity index (χ3v) is 4.88. The van der Waals surface area contributed by atoms with E-state index < -0.39 is 0 Å². The number of likely N-dealkylation sites (tertiary alicyclic amines) is 1. The maximum absolute atomic E-state index is 6.14. The van der Waals surface area contributed by atoms with Crippen LogP contribution in [0.1, 0.15) is 28.2 Å². The smallest absolute Gasteiger partial charge is 0.0787 e. The third-order valence-electron chi connectivity index (χ3n) is 4.88. The van der Waals surface area contributed by atoms with E-state index in [1.165, 1.54) is 22.3 Å². The fraction of sp³-hybridized carbons (Fsp3) is 0.368. The molecule has 2 aromatic carbocycles. The van der Waals surface area contributed by atoms with Gasteiger partial charge < -0.3 is 4.74 Å². The minimum Gasteiger partial charge on any atom is -0.371 e. The molecule has 0 N–H and O–H groups in total. The molecule has 1 fully saturated rings. The van der Waals surface area contributed by atoms with Gasteiger partial charge in [-0.25, -0.2) is 0 Å². The lowest BCUT2D eigenvalue weighted by atomic mass is 9.87. The highest BCUT2D eigenvalue weighted by Crippen LogP contribution is 2.38. The van der Waals surface area contributed by atoms with Gasteiger partial charge in [0.25, 0.3) is 0 Å². The molecule has 2 nitrogen and oxygen atoms in total. The molecule has 0 spiro atoms. The van der Waals surface area contributed by atoms with Crippen molar-refractivity contribution in [3.05, 3.63) is 70.8 Å². The number of benzene rings is 2. The van der Waals surface area contributed by atoms with Crippen LogP contribution in [0.25, 0.3) is 0 Å². The van der Waals surface area contributed by atoms with Crippen molar-refractivity contribution in [2.24, 2.45) is 0 Å². The lowest BCUT2D eigenvalue weighted by Crippen LogP contribution is -2.27. The van der Waals surface area contributed by atoms with E-state index in [-0.39, 0.29) is 0 Å². The Morgan fingerprint density at radius 3 is 2.76 bits per heavy atom. The molecule has 0 amide bonds. The molecule has 2 heterocycles. The summed E-state index contributed by atoms with van der Waals surface area (Å²) in [6.07, 6.45) is 0.364. The lowest BCUT2D eigenvalue weighted by molar-refractivity contribution is 0.0246. The first-order valence-corrected chi connectivity index (χ1v) is 7.77. The van der Waals surface area contributed by atoms with Gasteiger partial charge in [-0.1, -0.05) is 48.5 Å². The molecule has 2 aliphatic heterocycles. The quantitative estimate of drug-likeness (QED) is 0.834. The molecule has 0 radical (unpaired) electrons. The molecule has 2 atom stereocenters. The molecule has 21 heavy (non-hydrogen) atoms. The second-order valence-corrected chi connectivity index (χ2v) is 6.28. The third kappa shape index (κ3) is 2.39. The maximum Gasteiger partial charge on any atom is 0.0787 e. The van der Waals surface area contributed by atoms with Crippen LogP contribution in [0.3, 0.4) is 0 Å². The van der Waals surface area contributed by atoms with E-state index in [1.807, 2.05) is 0 Å². The summed E-state index contributed by atoms with van der Waals surface area (Å²) < 4.78 is 6.14. The van der Waals surface area contributed by atoms with Gasteiger partial charge in [0.05, 0.1) is 12.7 Å². The molecule has 0 saturated carbocycles. The number of aryl methyl sites for hydroxylation is 1. The Hall–Kier alpha value is -1.64. The van der Waals surface area contributed by atoms with Crippen molar-refractivity contribution in [3.8, 4) is 0 Å². The Morgan fingerprint density at radius 2 is 1.90 bits per heavy atom. The summed E-state index contributed by atoms with van der Waals surface area (Å²) in [4.78, 5) is 2.53. The average molecular weight is 279 g/mol. The topological polar surface area (TPSA) is 12.5 Å². The molecular formula is C19H21NO. The van der Waals surface area contributed by atoms with Gasteiger partial charge >= 0.3 is 0 Å². The standard InChI is InChI=1S/C19H21NO/c1-14-6-5-9-16-17-11-20(10-15-7-3-2-4-8-15)12-19(17)21-13-18(14)16/h2-9,17,19H,10-13H2,1H3/t17-,19-/m1/s1. The van der Waals surface area contributed by atoms with Gasteiger partial charge in [0.2, 0.25) is 0 Å². The summed E-state index contributed by atoms with van der Waals surface area (Å²) in [7, 11) is 0. The summed E-state index contributed by atoms with van der Waals surface area (Å²) in [5, 5.41) is 0. The highest BCUT2D eigenvalue weighted by Gasteiger charge is 2.38. The Balaban J connectivity index is 1.55. The van der Waals surface area contributed by atoms with Crippen molar-refractivity contribution in [1.82, 2.24) is 4.90 Å². The Bertz CT molecular complexity index is 637. The van der Waals surface area contributed by atoms with Crippen molar-refractivity contribution in [2.75, 3.05) is 13.1 Å². The number of ether oxygens (including phenoxy) is 1. The van der Waals surface area contributed by atoms with Crippen LogP contribution in [0.15, 0.2) is 48.5 Å². The van der Waals surface area contributed by atoms with E-state index in [0.717, 1.165) is 26.2 Å². The normalized spacial score (nSPS) is 24.6. The minimum absolute atomic E-state index is 0.364. The fourth-order valence-corrected chi connectivity index (χ4v) is 3.75. The first-order chi connectivity index (χ1) is 10.3. The van der Waals surface area contributed by atoms with Gasteiger partial charge in [0, 0.05) is 25.6 Å². The van der Waals surface area contributed by atoms with E-state index in [0.29, 0.717) is 12.0 Å². The molecule has 2 aromatic rings. The van der Waals surface area contributed by atoms with Crippen LogP contribution >= 0.6 is 0 Å². The van der Waals surface area contributed by atoms with Crippen LogP contribution in [-0.4, -0.2) is 24.1 Å². The van der Waals surface area contributed by atoms with Crippen molar-refractivity contribution in [3.63, 3.8) is 0 Å². The number of hydrogen-bond acceptors (Lipinski definition) is 2. The van der Waals surface area contributed by atoms with Crippen LogP contribution in [-0.2, 0) is 17.9 Å². The first kappa shape index (κ1) is 13.1. The predicted molar refractivity (Wildman–Crippen MR) is 84.2 cm³/mol. The molecule has 0 unspecified atom stereocenters. The molecular weight excluding hydrogens is 258 g/mol. The number of rotatable bonds is 2. The van der Waals surface area contributed by atoms with Crippen LogP contribution in [0, 0.1) is 6.92 Å². The zero-order valence-corrected chi connectivity index (χ0v) is 12.5. The largest absolute Gasteiger partial charge is 0.371 e. The second-order valence-electron chi connectivity index (χ2n) is 6.28. The molecule has 2 aliphatic rings. The van der Waals surface area contributed by atoms with Crippen LogP contribution < -0.4 is 0 Å². The van der Waals surface area contributed by atoms with Crippen molar-refractivity contribution < 1.29 is 4.74 Å². The van der Waals surface area contributed by atoms with Crippen LogP contribution in [0.2, 0.25) is 0 Å². The van der Waals surface area contributed by atoms with Gasteiger partial charge in [-0.05, 0) is 29.2 Å². The number of nitrogens with zero attached hydrogens (tertiary/aromatic N) is 1. The summed E-state index contributed by atoms with van der Waals surface area (Å²) in [6.45, 7) is 6.16. The number of fused-ring (bicyclic) bond motifs is 3. The van der Waals surface area contributed by atoms with Crippen LogP contribution in [0.4, 0.5) is 0 Å². The highest BCUT2D eigenvalue weighted by atomic mass is 16.5. The Morgan fingerprint density at radius 1 is 1.05 bits per heavy atom. The molecule has 0 aliphatic carbocycles.